The Morgan fingerprint density at radius 1 is 1.21 bits per heavy atom. The monoisotopic (exact) mass is 262 g/mol. The van der Waals surface area contributed by atoms with Crippen molar-refractivity contribution in [2.75, 3.05) is 17.6 Å². The third-order valence-corrected chi connectivity index (χ3v) is 3.62. The van der Waals surface area contributed by atoms with Crippen molar-refractivity contribution in [2.45, 2.75) is 52.1 Å². The second-order valence-corrected chi connectivity index (χ2v) is 5.84. The number of hydrogen-bond donors (Lipinski definition) is 2. The van der Waals surface area contributed by atoms with Gasteiger partial charge < -0.3 is 15.8 Å². The van der Waals surface area contributed by atoms with Crippen LogP contribution in [-0.4, -0.2) is 12.6 Å². The molecule has 106 valence electrons. The largest absolute Gasteiger partial charge is 0.491 e. The summed E-state index contributed by atoms with van der Waals surface area (Å²) >= 11 is 0. The lowest BCUT2D eigenvalue weighted by Gasteiger charge is -2.22. The summed E-state index contributed by atoms with van der Waals surface area (Å²) in [5.41, 5.74) is 7.75. The van der Waals surface area contributed by atoms with Crippen molar-refractivity contribution in [3.8, 4) is 5.75 Å². The second kappa shape index (κ2) is 6.69. The lowest BCUT2D eigenvalue weighted by molar-refractivity contribution is 0.242. The van der Waals surface area contributed by atoms with Crippen LogP contribution < -0.4 is 15.8 Å². The number of hydrogen-bond acceptors (Lipinski definition) is 3. The molecule has 0 radical (unpaired) electrons. The van der Waals surface area contributed by atoms with Crippen molar-refractivity contribution >= 4 is 11.4 Å². The van der Waals surface area contributed by atoms with E-state index in [1.807, 2.05) is 32.0 Å². The number of ether oxygens (including phenoxy) is 1. The van der Waals surface area contributed by atoms with E-state index >= 15 is 0 Å². The van der Waals surface area contributed by atoms with Crippen molar-refractivity contribution in [1.29, 1.82) is 0 Å². The zero-order chi connectivity index (χ0) is 13.7. The molecule has 0 atom stereocenters. The molecule has 0 heterocycles. The fourth-order valence-electron chi connectivity index (χ4n) is 2.72. The van der Waals surface area contributed by atoms with Gasteiger partial charge in [-0.3, -0.25) is 0 Å². The lowest BCUT2D eigenvalue weighted by atomic mass is 9.89. The van der Waals surface area contributed by atoms with Gasteiger partial charge in [-0.2, -0.15) is 0 Å². The summed E-state index contributed by atoms with van der Waals surface area (Å²) in [4.78, 5) is 0. The molecule has 1 aliphatic rings. The molecule has 1 aliphatic carbocycles. The lowest BCUT2D eigenvalue weighted by Crippen LogP contribution is -2.17. The number of nitrogen functional groups attached to an aromatic ring is 1. The highest BCUT2D eigenvalue weighted by atomic mass is 16.5. The summed E-state index contributed by atoms with van der Waals surface area (Å²) in [6, 6.07) is 5.90. The molecule has 0 spiro atoms. The minimum absolute atomic E-state index is 0.174. The average molecular weight is 262 g/mol. The normalized spacial score (nSPS) is 16.6. The average Bonchev–Trinajstić information content (AvgIpc) is 2.36. The topological polar surface area (TPSA) is 47.3 Å². The molecular formula is C16H26N2O. The Hall–Kier alpha value is -1.38. The Morgan fingerprint density at radius 3 is 2.63 bits per heavy atom. The van der Waals surface area contributed by atoms with Crippen LogP contribution >= 0.6 is 0 Å². The number of anilines is 2. The summed E-state index contributed by atoms with van der Waals surface area (Å²) in [5, 5.41) is 3.51. The van der Waals surface area contributed by atoms with Gasteiger partial charge in [0.2, 0.25) is 0 Å². The molecule has 1 saturated carbocycles. The van der Waals surface area contributed by atoms with E-state index in [9.17, 15) is 0 Å². The minimum atomic E-state index is 0.174. The highest BCUT2D eigenvalue weighted by Crippen LogP contribution is 2.26. The van der Waals surface area contributed by atoms with Crippen LogP contribution in [-0.2, 0) is 0 Å². The summed E-state index contributed by atoms with van der Waals surface area (Å²) in [5.74, 6) is 1.66. The Morgan fingerprint density at radius 2 is 1.95 bits per heavy atom. The van der Waals surface area contributed by atoms with Gasteiger partial charge in [-0.05, 0) is 38.7 Å². The summed E-state index contributed by atoms with van der Waals surface area (Å²) in [6.07, 6.45) is 7.04. The molecule has 19 heavy (non-hydrogen) atoms. The first-order valence-electron chi connectivity index (χ1n) is 7.44. The van der Waals surface area contributed by atoms with Crippen LogP contribution in [0, 0.1) is 5.92 Å². The third kappa shape index (κ3) is 4.66. The maximum Gasteiger partial charge on any atom is 0.123 e. The molecule has 0 amide bonds. The molecule has 3 N–H and O–H groups in total. The fraction of sp³-hybridized carbons (Fsp3) is 0.625. The predicted molar refractivity (Wildman–Crippen MR) is 81.7 cm³/mol. The van der Waals surface area contributed by atoms with E-state index in [1.54, 1.807) is 0 Å². The molecule has 2 rings (SSSR count). The molecule has 0 aliphatic heterocycles. The van der Waals surface area contributed by atoms with Crippen molar-refractivity contribution in [3.63, 3.8) is 0 Å². The zero-order valence-electron chi connectivity index (χ0n) is 12.1. The molecule has 3 heteroatoms. The van der Waals surface area contributed by atoms with Gasteiger partial charge in [-0.1, -0.05) is 19.3 Å². The number of nitrogens with one attached hydrogen (secondary N) is 1. The fourth-order valence-corrected chi connectivity index (χ4v) is 2.72. The van der Waals surface area contributed by atoms with Gasteiger partial charge in [0.15, 0.2) is 0 Å². The van der Waals surface area contributed by atoms with E-state index in [4.69, 9.17) is 10.5 Å². The molecule has 1 aromatic carbocycles. The van der Waals surface area contributed by atoms with Crippen LogP contribution in [0.15, 0.2) is 18.2 Å². The maximum atomic E-state index is 5.92. The van der Waals surface area contributed by atoms with Gasteiger partial charge in [-0.15, -0.1) is 0 Å². The second-order valence-electron chi connectivity index (χ2n) is 5.84. The van der Waals surface area contributed by atoms with Crippen molar-refractivity contribution in [2.24, 2.45) is 5.92 Å². The van der Waals surface area contributed by atoms with Crippen LogP contribution in [0.2, 0.25) is 0 Å². The Kier molecular flexibility index (Phi) is 4.94. The van der Waals surface area contributed by atoms with E-state index in [0.717, 1.165) is 29.6 Å². The Labute approximate surface area is 116 Å². The first-order chi connectivity index (χ1) is 9.13. The quantitative estimate of drug-likeness (QED) is 0.787. The molecule has 0 unspecified atom stereocenters. The van der Waals surface area contributed by atoms with Gasteiger partial charge in [0.25, 0.3) is 0 Å². The van der Waals surface area contributed by atoms with Crippen LogP contribution in [0.5, 0.6) is 5.75 Å². The van der Waals surface area contributed by atoms with Gasteiger partial charge in [-0.25, -0.2) is 0 Å². The third-order valence-electron chi connectivity index (χ3n) is 3.62. The van der Waals surface area contributed by atoms with Crippen molar-refractivity contribution in [3.05, 3.63) is 18.2 Å². The number of benzene rings is 1. The highest BCUT2D eigenvalue weighted by Gasteiger charge is 2.13. The molecular weight excluding hydrogens is 236 g/mol. The van der Waals surface area contributed by atoms with Gasteiger partial charge in [0, 0.05) is 30.1 Å². The van der Waals surface area contributed by atoms with Crippen LogP contribution in [0.4, 0.5) is 11.4 Å². The molecule has 0 bridgehead atoms. The highest BCUT2D eigenvalue weighted by molar-refractivity contribution is 5.59. The van der Waals surface area contributed by atoms with Gasteiger partial charge in [0.1, 0.15) is 5.75 Å². The SMILES string of the molecule is CC(C)Oc1cc(N)cc(NCC2CCCCC2)c1. The molecule has 3 nitrogen and oxygen atoms in total. The van der Waals surface area contributed by atoms with E-state index in [1.165, 1.54) is 32.1 Å². The van der Waals surface area contributed by atoms with Crippen molar-refractivity contribution < 1.29 is 4.74 Å². The first kappa shape index (κ1) is 14.0. The molecule has 1 fully saturated rings. The molecule has 0 aromatic heterocycles. The van der Waals surface area contributed by atoms with E-state index in [-0.39, 0.29) is 6.10 Å². The summed E-state index contributed by atoms with van der Waals surface area (Å²) < 4.78 is 5.71. The van der Waals surface area contributed by atoms with Gasteiger partial charge >= 0.3 is 0 Å². The zero-order valence-corrected chi connectivity index (χ0v) is 12.1. The molecule has 1 aromatic rings. The van der Waals surface area contributed by atoms with Crippen LogP contribution in [0.25, 0.3) is 0 Å². The van der Waals surface area contributed by atoms with Crippen LogP contribution in [0.3, 0.4) is 0 Å². The summed E-state index contributed by atoms with van der Waals surface area (Å²) in [7, 11) is 0. The summed E-state index contributed by atoms with van der Waals surface area (Å²) in [6.45, 7) is 5.10. The standard InChI is InChI=1S/C16H26N2O/c1-12(2)19-16-9-14(17)8-15(10-16)18-11-13-6-4-3-5-7-13/h8-10,12-13,18H,3-7,11,17H2,1-2H3. The van der Waals surface area contributed by atoms with E-state index in [0.29, 0.717) is 0 Å². The Balaban J connectivity index is 1.93. The number of nitrogens with two attached hydrogens (primary N) is 1. The minimum Gasteiger partial charge on any atom is -0.491 e. The van der Waals surface area contributed by atoms with Crippen LogP contribution in [0.1, 0.15) is 46.0 Å². The number of rotatable bonds is 5. The van der Waals surface area contributed by atoms with Gasteiger partial charge in [0.05, 0.1) is 6.10 Å². The predicted octanol–water partition coefficient (Wildman–Crippen LogP) is 4.05. The molecule has 0 saturated heterocycles. The van der Waals surface area contributed by atoms with E-state index < -0.39 is 0 Å². The smallest absolute Gasteiger partial charge is 0.123 e. The maximum absolute atomic E-state index is 5.92. The van der Waals surface area contributed by atoms with Crippen molar-refractivity contribution in [1.82, 2.24) is 0 Å². The Bertz CT molecular complexity index is 398. The first-order valence-corrected chi connectivity index (χ1v) is 7.44. The van der Waals surface area contributed by atoms with E-state index in [2.05, 4.69) is 5.32 Å².